The summed E-state index contributed by atoms with van der Waals surface area (Å²) < 4.78 is 0. The number of hydrogen-bond donors (Lipinski definition) is 0. The molecule has 3 rings (SSSR count). The maximum atomic E-state index is 4.67. The molecule has 1 heterocycles. The Balaban J connectivity index is 0.00000147. The van der Waals surface area contributed by atoms with Gasteiger partial charge in [0.25, 0.3) is 0 Å². The Morgan fingerprint density at radius 2 is 1.45 bits per heavy atom. The third-order valence-electron chi connectivity index (χ3n) is 3.02. The number of thioether (sulfide) groups is 1. The van der Waals surface area contributed by atoms with E-state index in [0.29, 0.717) is 0 Å². The van der Waals surface area contributed by atoms with Crippen molar-refractivity contribution in [2.24, 2.45) is 5.10 Å². The van der Waals surface area contributed by atoms with Crippen molar-refractivity contribution < 1.29 is 0 Å². The molecule has 0 fully saturated rings. The van der Waals surface area contributed by atoms with Crippen molar-refractivity contribution in [1.82, 2.24) is 0 Å². The van der Waals surface area contributed by atoms with Crippen LogP contribution in [0.2, 0.25) is 0 Å². The van der Waals surface area contributed by atoms with E-state index in [1.807, 2.05) is 29.3 Å². The summed E-state index contributed by atoms with van der Waals surface area (Å²) >= 11 is 1.67. The Labute approximate surface area is 134 Å². The van der Waals surface area contributed by atoms with Crippen LogP contribution in [-0.4, -0.2) is 18.1 Å². The molecule has 0 saturated heterocycles. The second-order valence-corrected chi connectivity index (χ2v) is 5.00. The summed E-state index contributed by atoms with van der Waals surface area (Å²) in [6.07, 6.45) is 2.06. The first-order chi connectivity index (χ1) is 9.38. The summed E-state index contributed by atoms with van der Waals surface area (Å²) in [7, 11) is 0. The molecule has 2 aromatic rings. The topological polar surface area (TPSA) is 18.8 Å². The van der Waals surface area contributed by atoms with E-state index in [4.69, 9.17) is 0 Å². The number of hydrazone groups is 1. The molecule has 5 heteroatoms. The molecule has 1 aliphatic heterocycles. The number of halogens is 1. The molecule has 0 bridgehead atoms. The van der Waals surface area contributed by atoms with Crippen LogP contribution in [0.3, 0.4) is 0 Å². The second kappa shape index (κ2) is 6.81. The minimum Gasteiger partial charge on any atom is -0.299 e. The third-order valence-corrected chi connectivity index (χ3v) is 3.68. The summed E-state index contributed by atoms with van der Waals surface area (Å²) in [5, 5.41) is 7.72. The Hall–Kier alpha value is -1.46. The van der Waals surface area contributed by atoms with Crippen molar-refractivity contribution >= 4 is 45.3 Å². The maximum absolute atomic E-state index is 4.67. The van der Waals surface area contributed by atoms with Gasteiger partial charge in [-0.15, -0.1) is 22.1 Å². The molecule has 0 amide bonds. The van der Waals surface area contributed by atoms with E-state index in [0.717, 1.165) is 17.5 Å². The number of anilines is 2. The highest BCUT2D eigenvalue weighted by Gasteiger charge is 2.24. The van der Waals surface area contributed by atoms with E-state index in [1.165, 1.54) is 5.69 Å². The summed E-state index contributed by atoms with van der Waals surface area (Å²) in [6.45, 7) is 0.754. The van der Waals surface area contributed by atoms with Crippen molar-refractivity contribution in [3.63, 3.8) is 0 Å². The Morgan fingerprint density at radius 3 is 2.00 bits per heavy atom. The van der Waals surface area contributed by atoms with Crippen molar-refractivity contribution in [3.05, 3.63) is 60.7 Å². The van der Waals surface area contributed by atoms with Crippen LogP contribution in [0, 0.1) is 0 Å². The SMILES string of the molecule is Br.CSC1=NN(c2ccccc2)CN1c1ccccc1. The molecule has 104 valence electrons. The normalized spacial score (nSPS) is 13.9. The van der Waals surface area contributed by atoms with E-state index >= 15 is 0 Å². The van der Waals surface area contributed by atoms with Crippen molar-refractivity contribution in [2.75, 3.05) is 22.8 Å². The Bertz CT molecular complexity index is 574. The van der Waals surface area contributed by atoms with Gasteiger partial charge in [-0.1, -0.05) is 48.2 Å². The fraction of sp³-hybridized carbons (Fsp3) is 0.133. The first-order valence-electron chi connectivity index (χ1n) is 6.16. The van der Waals surface area contributed by atoms with Gasteiger partial charge in [-0.3, -0.25) is 4.90 Å². The molecular formula is C15H16BrN3S. The van der Waals surface area contributed by atoms with Crippen LogP contribution < -0.4 is 9.91 Å². The lowest BCUT2D eigenvalue weighted by molar-refractivity contribution is 0.912. The predicted molar refractivity (Wildman–Crippen MR) is 94.0 cm³/mol. The molecule has 0 atom stereocenters. The van der Waals surface area contributed by atoms with Gasteiger partial charge in [-0.05, 0) is 30.5 Å². The lowest BCUT2D eigenvalue weighted by atomic mass is 10.3. The Kier molecular flexibility index (Phi) is 5.09. The van der Waals surface area contributed by atoms with E-state index in [1.54, 1.807) is 11.8 Å². The first kappa shape index (κ1) is 14.9. The fourth-order valence-corrected chi connectivity index (χ4v) is 2.64. The number of nitrogens with zero attached hydrogens (tertiary/aromatic N) is 3. The van der Waals surface area contributed by atoms with E-state index < -0.39 is 0 Å². The van der Waals surface area contributed by atoms with Gasteiger partial charge in [0, 0.05) is 5.69 Å². The van der Waals surface area contributed by atoms with Crippen LogP contribution in [0.4, 0.5) is 11.4 Å². The maximum Gasteiger partial charge on any atom is 0.189 e. The summed E-state index contributed by atoms with van der Waals surface area (Å²) in [6, 6.07) is 20.6. The van der Waals surface area contributed by atoms with Gasteiger partial charge in [-0.2, -0.15) is 0 Å². The third kappa shape index (κ3) is 2.99. The summed E-state index contributed by atoms with van der Waals surface area (Å²) in [5.41, 5.74) is 2.29. The van der Waals surface area contributed by atoms with Gasteiger partial charge in [0.1, 0.15) is 6.67 Å². The quantitative estimate of drug-likeness (QED) is 0.810. The van der Waals surface area contributed by atoms with Gasteiger partial charge in [0.2, 0.25) is 0 Å². The molecule has 3 nitrogen and oxygen atoms in total. The molecule has 2 aromatic carbocycles. The van der Waals surface area contributed by atoms with Crippen LogP contribution in [0.15, 0.2) is 65.8 Å². The molecule has 0 N–H and O–H groups in total. The average molecular weight is 350 g/mol. The zero-order valence-corrected chi connectivity index (χ0v) is 13.7. The second-order valence-electron chi connectivity index (χ2n) is 4.23. The first-order valence-corrected chi connectivity index (χ1v) is 7.39. The highest BCUT2D eigenvalue weighted by molar-refractivity contribution is 8.93. The van der Waals surface area contributed by atoms with Crippen molar-refractivity contribution in [1.29, 1.82) is 0 Å². The molecular weight excluding hydrogens is 334 g/mol. The number of rotatable bonds is 2. The fourth-order valence-electron chi connectivity index (χ4n) is 2.07. The van der Waals surface area contributed by atoms with Gasteiger partial charge < -0.3 is 0 Å². The number of hydrogen-bond acceptors (Lipinski definition) is 4. The standard InChI is InChI=1S/C15H15N3S.BrH/c1-19-15-16-18(14-10-6-3-7-11-14)12-17(15)13-8-4-2-5-9-13;/h2-11H,12H2,1H3;1H. The van der Waals surface area contributed by atoms with E-state index in [2.05, 4.69) is 52.7 Å². The highest BCUT2D eigenvalue weighted by atomic mass is 79.9. The smallest absolute Gasteiger partial charge is 0.189 e. The zero-order valence-electron chi connectivity index (χ0n) is 11.1. The lowest BCUT2D eigenvalue weighted by Crippen LogP contribution is -2.29. The minimum absolute atomic E-state index is 0. The molecule has 0 spiro atoms. The molecule has 20 heavy (non-hydrogen) atoms. The summed E-state index contributed by atoms with van der Waals surface area (Å²) in [5.74, 6) is 0. The minimum atomic E-state index is 0. The molecule has 1 aliphatic rings. The van der Waals surface area contributed by atoms with Crippen LogP contribution >= 0.6 is 28.7 Å². The van der Waals surface area contributed by atoms with E-state index in [9.17, 15) is 0 Å². The van der Waals surface area contributed by atoms with Gasteiger partial charge in [-0.25, -0.2) is 5.01 Å². The van der Waals surface area contributed by atoms with Gasteiger partial charge >= 0.3 is 0 Å². The van der Waals surface area contributed by atoms with Gasteiger partial charge in [0.15, 0.2) is 5.17 Å². The van der Waals surface area contributed by atoms with Crippen LogP contribution in [0.25, 0.3) is 0 Å². The Morgan fingerprint density at radius 1 is 0.900 bits per heavy atom. The average Bonchev–Trinajstić information content (AvgIpc) is 2.93. The predicted octanol–water partition coefficient (Wildman–Crippen LogP) is 4.18. The van der Waals surface area contributed by atoms with Crippen LogP contribution in [0.5, 0.6) is 0 Å². The highest BCUT2D eigenvalue weighted by Crippen LogP contribution is 2.27. The molecule has 0 saturated carbocycles. The number of amidine groups is 1. The molecule has 0 radical (unpaired) electrons. The molecule has 0 aromatic heterocycles. The van der Waals surface area contributed by atoms with Crippen molar-refractivity contribution in [3.8, 4) is 0 Å². The molecule has 0 aliphatic carbocycles. The lowest BCUT2D eigenvalue weighted by Gasteiger charge is -2.20. The monoisotopic (exact) mass is 349 g/mol. The largest absolute Gasteiger partial charge is 0.299 e. The number of benzene rings is 2. The van der Waals surface area contributed by atoms with E-state index in [-0.39, 0.29) is 17.0 Å². The van der Waals surface area contributed by atoms with Crippen LogP contribution in [-0.2, 0) is 0 Å². The number of para-hydroxylation sites is 2. The molecule has 0 unspecified atom stereocenters. The zero-order chi connectivity index (χ0) is 13.1. The summed E-state index contributed by atoms with van der Waals surface area (Å²) in [4.78, 5) is 2.22. The van der Waals surface area contributed by atoms with Gasteiger partial charge in [0.05, 0.1) is 5.69 Å². The van der Waals surface area contributed by atoms with Crippen molar-refractivity contribution in [2.45, 2.75) is 0 Å². The van der Waals surface area contributed by atoms with Crippen LogP contribution in [0.1, 0.15) is 0 Å².